The van der Waals surface area contributed by atoms with Crippen molar-refractivity contribution >= 4 is 0 Å². The van der Waals surface area contributed by atoms with Gasteiger partial charge in [-0.1, -0.05) is 0 Å². The van der Waals surface area contributed by atoms with Gasteiger partial charge in [0.05, 0.1) is 13.2 Å². The van der Waals surface area contributed by atoms with Gasteiger partial charge in [0.1, 0.15) is 0 Å². The Morgan fingerprint density at radius 1 is 1.29 bits per heavy atom. The number of morpholine rings is 1. The van der Waals surface area contributed by atoms with E-state index in [0.717, 1.165) is 45.9 Å². The van der Waals surface area contributed by atoms with E-state index in [4.69, 9.17) is 4.74 Å². The van der Waals surface area contributed by atoms with Gasteiger partial charge < -0.3 is 15.4 Å². The topological polar surface area (TPSA) is 36.5 Å². The van der Waals surface area contributed by atoms with Crippen molar-refractivity contribution in [2.45, 2.75) is 19.0 Å². The molecule has 0 spiro atoms. The van der Waals surface area contributed by atoms with Gasteiger partial charge in [-0.2, -0.15) is 0 Å². The van der Waals surface area contributed by atoms with Crippen molar-refractivity contribution < 1.29 is 4.74 Å². The molecule has 0 bridgehead atoms. The first-order chi connectivity index (χ1) is 6.88. The van der Waals surface area contributed by atoms with Crippen LogP contribution >= 0.6 is 0 Å². The van der Waals surface area contributed by atoms with E-state index < -0.39 is 0 Å². The number of hydrogen-bond acceptors (Lipinski definition) is 4. The van der Waals surface area contributed by atoms with Gasteiger partial charge >= 0.3 is 0 Å². The van der Waals surface area contributed by atoms with E-state index in [-0.39, 0.29) is 0 Å². The molecule has 2 rings (SSSR count). The molecule has 0 saturated carbocycles. The summed E-state index contributed by atoms with van der Waals surface area (Å²) in [6.45, 7) is 9.56. The molecule has 2 heterocycles. The maximum atomic E-state index is 5.36. The molecule has 2 unspecified atom stereocenters. The molecule has 2 atom stereocenters. The normalized spacial score (nSPS) is 32.8. The molecule has 0 aromatic heterocycles. The van der Waals surface area contributed by atoms with Gasteiger partial charge in [0.15, 0.2) is 0 Å². The highest BCUT2D eigenvalue weighted by atomic mass is 16.5. The van der Waals surface area contributed by atoms with Gasteiger partial charge in [-0.25, -0.2) is 0 Å². The Kier molecular flexibility index (Phi) is 3.75. The minimum absolute atomic E-state index is 0.599. The third kappa shape index (κ3) is 2.45. The van der Waals surface area contributed by atoms with Crippen LogP contribution in [0.4, 0.5) is 0 Å². The number of piperazine rings is 1. The van der Waals surface area contributed by atoms with Crippen LogP contribution in [0.2, 0.25) is 0 Å². The molecule has 2 aliphatic rings. The van der Waals surface area contributed by atoms with Crippen LogP contribution in [0.25, 0.3) is 0 Å². The number of hydrogen-bond donors (Lipinski definition) is 2. The van der Waals surface area contributed by atoms with Gasteiger partial charge in [0.25, 0.3) is 0 Å². The molecule has 2 saturated heterocycles. The molecule has 82 valence electrons. The Morgan fingerprint density at radius 3 is 2.71 bits per heavy atom. The largest absolute Gasteiger partial charge is 0.379 e. The third-order valence-corrected chi connectivity index (χ3v) is 3.28. The lowest BCUT2D eigenvalue weighted by molar-refractivity contribution is 0.0112. The highest BCUT2D eigenvalue weighted by Crippen LogP contribution is 2.08. The second-order valence-electron chi connectivity index (χ2n) is 4.15. The predicted molar refractivity (Wildman–Crippen MR) is 56.5 cm³/mol. The predicted octanol–water partition coefficient (Wildman–Crippen LogP) is -0.731. The molecule has 4 heteroatoms. The molecule has 2 aliphatic heterocycles. The summed E-state index contributed by atoms with van der Waals surface area (Å²) in [5, 5.41) is 7.01. The standard InChI is InChI=1S/C10H21N3O/c1-9(10-8-11-2-3-12-10)13-4-6-14-7-5-13/h9-12H,2-8H2,1H3. The fourth-order valence-electron chi connectivity index (χ4n) is 2.26. The van der Waals surface area contributed by atoms with E-state index in [0.29, 0.717) is 12.1 Å². The van der Waals surface area contributed by atoms with Crippen molar-refractivity contribution in [3.63, 3.8) is 0 Å². The van der Waals surface area contributed by atoms with Crippen LogP contribution in [-0.2, 0) is 4.74 Å². The van der Waals surface area contributed by atoms with E-state index in [1.807, 2.05) is 0 Å². The van der Waals surface area contributed by atoms with E-state index in [1.165, 1.54) is 0 Å². The fraction of sp³-hybridized carbons (Fsp3) is 1.00. The molecule has 0 aromatic carbocycles. The first-order valence-corrected chi connectivity index (χ1v) is 5.64. The lowest BCUT2D eigenvalue weighted by atomic mass is 10.1. The minimum Gasteiger partial charge on any atom is -0.379 e. The molecule has 2 fully saturated rings. The molecule has 4 nitrogen and oxygen atoms in total. The van der Waals surface area contributed by atoms with Gasteiger partial charge in [0.2, 0.25) is 0 Å². The van der Waals surface area contributed by atoms with Crippen LogP contribution in [-0.4, -0.2) is 62.9 Å². The summed E-state index contributed by atoms with van der Waals surface area (Å²) in [5.74, 6) is 0. The number of rotatable bonds is 2. The Morgan fingerprint density at radius 2 is 2.07 bits per heavy atom. The quantitative estimate of drug-likeness (QED) is 0.615. The lowest BCUT2D eigenvalue weighted by Gasteiger charge is -2.39. The van der Waals surface area contributed by atoms with Crippen molar-refractivity contribution in [3.05, 3.63) is 0 Å². The molecule has 0 radical (unpaired) electrons. The highest BCUT2D eigenvalue weighted by Gasteiger charge is 2.25. The van der Waals surface area contributed by atoms with Crippen LogP contribution < -0.4 is 10.6 Å². The van der Waals surface area contributed by atoms with Crippen LogP contribution in [0.1, 0.15) is 6.92 Å². The van der Waals surface area contributed by atoms with Crippen LogP contribution in [0, 0.1) is 0 Å². The van der Waals surface area contributed by atoms with Gasteiger partial charge in [-0.3, -0.25) is 4.90 Å². The molecule has 0 aliphatic carbocycles. The Bertz CT molecular complexity index is 147. The second-order valence-corrected chi connectivity index (χ2v) is 4.15. The smallest absolute Gasteiger partial charge is 0.0594 e. The van der Waals surface area contributed by atoms with Crippen molar-refractivity contribution in [1.29, 1.82) is 0 Å². The zero-order valence-electron chi connectivity index (χ0n) is 8.96. The van der Waals surface area contributed by atoms with Gasteiger partial charge in [0, 0.05) is 44.8 Å². The Labute approximate surface area is 86.0 Å². The van der Waals surface area contributed by atoms with Gasteiger partial charge in [-0.05, 0) is 6.92 Å². The number of ether oxygens (including phenoxy) is 1. The molecule has 0 aromatic rings. The van der Waals surface area contributed by atoms with E-state index in [9.17, 15) is 0 Å². The van der Waals surface area contributed by atoms with Crippen molar-refractivity contribution in [3.8, 4) is 0 Å². The van der Waals surface area contributed by atoms with Gasteiger partial charge in [-0.15, -0.1) is 0 Å². The molecule has 14 heavy (non-hydrogen) atoms. The summed E-state index contributed by atoms with van der Waals surface area (Å²) in [4.78, 5) is 2.52. The summed E-state index contributed by atoms with van der Waals surface area (Å²) >= 11 is 0. The zero-order valence-corrected chi connectivity index (χ0v) is 8.96. The average molecular weight is 199 g/mol. The van der Waals surface area contributed by atoms with E-state index in [1.54, 1.807) is 0 Å². The van der Waals surface area contributed by atoms with Crippen molar-refractivity contribution in [1.82, 2.24) is 15.5 Å². The first kappa shape index (κ1) is 10.4. The van der Waals surface area contributed by atoms with Crippen LogP contribution in [0.15, 0.2) is 0 Å². The molecule has 0 amide bonds. The average Bonchev–Trinajstić information content (AvgIpc) is 2.30. The summed E-state index contributed by atoms with van der Waals surface area (Å²) in [6.07, 6.45) is 0. The van der Waals surface area contributed by atoms with Crippen LogP contribution in [0.3, 0.4) is 0 Å². The monoisotopic (exact) mass is 199 g/mol. The summed E-state index contributed by atoms with van der Waals surface area (Å²) in [7, 11) is 0. The summed E-state index contributed by atoms with van der Waals surface area (Å²) < 4.78 is 5.36. The first-order valence-electron chi connectivity index (χ1n) is 5.64. The summed E-state index contributed by atoms with van der Waals surface area (Å²) in [5.41, 5.74) is 0. The maximum Gasteiger partial charge on any atom is 0.0594 e. The molecular formula is C10H21N3O. The Hall–Kier alpha value is -0.160. The van der Waals surface area contributed by atoms with E-state index in [2.05, 4.69) is 22.5 Å². The highest BCUT2D eigenvalue weighted by molar-refractivity contribution is 4.86. The molecule has 2 N–H and O–H groups in total. The minimum atomic E-state index is 0.599. The number of nitrogens with zero attached hydrogens (tertiary/aromatic N) is 1. The number of nitrogens with one attached hydrogen (secondary N) is 2. The molecular weight excluding hydrogens is 178 g/mol. The fourth-order valence-corrected chi connectivity index (χ4v) is 2.26. The SMILES string of the molecule is CC(C1CNCCN1)N1CCOCC1. The Balaban J connectivity index is 1.82. The lowest BCUT2D eigenvalue weighted by Crippen LogP contribution is -2.59. The van der Waals surface area contributed by atoms with E-state index >= 15 is 0 Å². The van der Waals surface area contributed by atoms with Crippen molar-refractivity contribution in [2.75, 3.05) is 45.9 Å². The van der Waals surface area contributed by atoms with Crippen molar-refractivity contribution in [2.24, 2.45) is 0 Å². The third-order valence-electron chi connectivity index (χ3n) is 3.28. The summed E-state index contributed by atoms with van der Waals surface area (Å²) in [6, 6.07) is 1.22. The zero-order chi connectivity index (χ0) is 9.80. The van der Waals surface area contributed by atoms with Crippen LogP contribution in [0.5, 0.6) is 0 Å². The maximum absolute atomic E-state index is 5.36. The second kappa shape index (κ2) is 5.07.